The minimum Gasteiger partial charge on any atom is -0.454 e. The summed E-state index contributed by atoms with van der Waals surface area (Å²) in [4.78, 5) is 19.3. The Balaban J connectivity index is 1.24. The zero-order valence-corrected chi connectivity index (χ0v) is 16.1. The van der Waals surface area contributed by atoms with Crippen molar-refractivity contribution >= 4 is 5.91 Å². The first-order valence-corrected chi connectivity index (χ1v) is 9.77. The molecule has 0 bridgehead atoms. The molecule has 0 aliphatic carbocycles. The first kappa shape index (κ1) is 17.7. The van der Waals surface area contributed by atoms with E-state index in [-0.39, 0.29) is 18.6 Å². The Morgan fingerprint density at radius 3 is 2.72 bits per heavy atom. The van der Waals surface area contributed by atoms with E-state index in [0.29, 0.717) is 41.9 Å². The Morgan fingerprint density at radius 2 is 1.90 bits per heavy atom. The number of nitrogens with zero attached hydrogens (tertiary/aromatic N) is 3. The highest BCUT2D eigenvalue weighted by Gasteiger charge is 2.29. The van der Waals surface area contributed by atoms with Crippen LogP contribution in [0.25, 0.3) is 11.4 Å². The number of likely N-dealkylation sites (tertiary alicyclic amines) is 1. The van der Waals surface area contributed by atoms with Gasteiger partial charge in [-0.1, -0.05) is 28.9 Å². The molecular weight excluding hydrogens is 370 g/mol. The zero-order valence-electron chi connectivity index (χ0n) is 16.1. The summed E-state index contributed by atoms with van der Waals surface area (Å²) >= 11 is 0. The smallest absolute Gasteiger partial charge is 0.253 e. The Bertz CT molecular complexity index is 1050. The summed E-state index contributed by atoms with van der Waals surface area (Å²) in [5.41, 5.74) is 2.73. The third-order valence-corrected chi connectivity index (χ3v) is 5.47. The van der Waals surface area contributed by atoms with Crippen LogP contribution in [-0.4, -0.2) is 40.8 Å². The maximum atomic E-state index is 12.8. The second kappa shape index (κ2) is 7.24. The van der Waals surface area contributed by atoms with E-state index in [0.717, 1.165) is 24.0 Å². The van der Waals surface area contributed by atoms with Crippen molar-refractivity contribution in [3.8, 4) is 22.9 Å². The van der Waals surface area contributed by atoms with Gasteiger partial charge in [-0.3, -0.25) is 4.79 Å². The third kappa shape index (κ3) is 3.44. The molecule has 0 N–H and O–H groups in total. The quantitative estimate of drug-likeness (QED) is 0.676. The highest BCUT2D eigenvalue weighted by molar-refractivity contribution is 5.95. The molecule has 7 heteroatoms. The van der Waals surface area contributed by atoms with E-state index in [9.17, 15) is 4.79 Å². The van der Waals surface area contributed by atoms with Gasteiger partial charge < -0.3 is 18.9 Å². The lowest BCUT2D eigenvalue weighted by Gasteiger charge is -2.30. The number of amides is 1. The number of rotatable bonds is 3. The lowest BCUT2D eigenvalue weighted by Crippen LogP contribution is -2.38. The molecule has 1 amide bonds. The molecule has 7 nitrogen and oxygen atoms in total. The molecule has 0 spiro atoms. The van der Waals surface area contributed by atoms with Crippen LogP contribution in [0.3, 0.4) is 0 Å². The van der Waals surface area contributed by atoms with Gasteiger partial charge in [-0.15, -0.1) is 0 Å². The molecule has 1 aromatic heterocycles. The molecule has 3 aromatic rings. The third-order valence-electron chi connectivity index (χ3n) is 5.47. The van der Waals surface area contributed by atoms with Crippen LogP contribution in [0.15, 0.2) is 47.0 Å². The zero-order chi connectivity index (χ0) is 19.8. The summed E-state index contributed by atoms with van der Waals surface area (Å²) in [5.74, 6) is 2.75. The van der Waals surface area contributed by atoms with Crippen molar-refractivity contribution in [2.45, 2.75) is 25.7 Å². The van der Waals surface area contributed by atoms with Gasteiger partial charge in [-0.05, 0) is 44.0 Å². The van der Waals surface area contributed by atoms with Crippen LogP contribution in [0, 0.1) is 6.92 Å². The fourth-order valence-corrected chi connectivity index (χ4v) is 3.84. The molecule has 5 rings (SSSR count). The molecule has 1 saturated heterocycles. The van der Waals surface area contributed by atoms with E-state index in [4.69, 9.17) is 14.0 Å². The van der Waals surface area contributed by atoms with E-state index in [1.807, 2.05) is 36.1 Å². The highest BCUT2D eigenvalue weighted by Crippen LogP contribution is 2.34. The Kier molecular flexibility index (Phi) is 4.42. The van der Waals surface area contributed by atoms with Crippen LogP contribution in [0.5, 0.6) is 11.5 Å². The van der Waals surface area contributed by atoms with Crippen LogP contribution < -0.4 is 9.47 Å². The van der Waals surface area contributed by atoms with E-state index in [1.54, 1.807) is 18.2 Å². The average Bonchev–Trinajstić information content (AvgIpc) is 3.42. The minimum absolute atomic E-state index is 0.00716. The van der Waals surface area contributed by atoms with E-state index < -0.39 is 0 Å². The van der Waals surface area contributed by atoms with E-state index in [1.165, 1.54) is 0 Å². The molecule has 0 unspecified atom stereocenters. The van der Waals surface area contributed by atoms with Crippen LogP contribution in [0.4, 0.5) is 0 Å². The summed E-state index contributed by atoms with van der Waals surface area (Å²) in [6, 6.07) is 13.4. The number of aromatic nitrogens is 2. The van der Waals surface area contributed by atoms with E-state index >= 15 is 0 Å². The monoisotopic (exact) mass is 391 g/mol. The van der Waals surface area contributed by atoms with Crippen molar-refractivity contribution in [3.63, 3.8) is 0 Å². The van der Waals surface area contributed by atoms with Gasteiger partial charge in [0.2, 0.25) is 18.5 Å². The maximum absolute atomic E-state index is 12.8. The number of hydrogen-bond acceptors (Lipinski definition) is 6. The number of carbonyl (C=O) groups excluding carboxylic acids is 1. The fraction of sp³-hybridized carbons (Fsp3) is 0.318. The van der Waals surface area contributed by atoms with Gasteiger partial charge in [-0.2, -0.15) is 4.98 Å². The molecule has 2 aliphatic heterocycles. The Labute approximate surface area is 168 Å². The van der Waals surface area contributed by atoms with Gasteiger partial charge >= 0.3 is 0 Å². The summed E-state index contributed by atoms with van der Waals surface area (Å²) in [7, 11) is 0. The predicted molar refractivity (Wildman–Crippen MR) is 105 cm³/mol. The number of piperidine rings is 1. The topological polar surface area (TPSA) is 77.7 Å². The number of hydrogen-bond donors (Lipinski definition) is 0. The second-order valence-electron chi connectivity index (χ2n) is 7.46. The molecule has 2 aliphatic rings. The Hall–Kier alpha value is -3.35. The summed E-state index contributed by atoms with van der Waals surface area (Å²) in [6.45, 7) is 3.55. The molecule has 148 valence electrons. The predicted octanol–water partition coefficient (Wildman–Crippen LogP) is 3.79. The van der Waals surface area contributed by atoms with Gasteiger partial charge in [0.05, 0.1) is 0 Å². The lowest BCUT2D eigenvalue weighted by molar-refractivity contribution is 0.0704. The summed E-state index contributed by atoms with van der Waals surface area (Å²) < 4.78 is 16.2. The number of aryl methyl sites for hydroxylation is 1. The first-order valence-electron chi connectivity index (χ1n) is 9.77. The van der Waals surface area contributed by atoms with Crippen LogP contribution >= 0.6 is 0 Å². The number of carbonyl (C=O) groups is 1. The standard InChI is InChI=1S/C22H21N3O4/c1-14-3-2-4-16(11-14)20-23-21(29-24-20)15-7-9-25(10-8-15)22(26)17-5-6-18-19(12-17)28-13-27-18/h2-6,11-12,15H,7-10,13H2,1H3. The molecule has 0 saturated carbocycles. The molecule has 1 fully saturated rings. The molecule has 2 aromatic carbocycles. The van der Waals surface area contributed by atoms with Crippen molar-refractivity contribution in [1.82, 2.24) is 15.0 Å². The molecular formula is C22H21N3O4. The molecule has 29 heavy (non-hydrogen) atoms. The SMILES string of the molecule is Cc1cccc(-c2noc(C3CCN(C(=O)c4ccc5c(c4)OCO5)CC3)n2)c1. The lowest BCUT2D eigenvalue weighted by atomic mass is 9.96. The van der Waals surface area contributed by atoms with Gasteiger partial charge in [0.15, 0.2) is 11.5 Å². The largest absolute Gasteiger partial charge is 0.454 e. The highest BCUT2D eigenvalue weighted by atomic mass is 16.7. The van der Waals surface area contributed by atoms with E-state index in [2.05, 4.69) is 10.1 Å². The Morgan fingerprint density at radius 1 is 1.07 bits per heavy atom. The maximum Gasteiger partial charge on any atom is 0.253 e. The summed E-state index contributed by atoms with van der Waals surface area (Å²) in [5, 5.41) is 4.15. The number of benzene rings is 2. The molecule has 3 heterocycles. The van der Waals surface area contributed by atoms with Crippen LogP contribution in [-0.2, 0) is 0 Å². The van der Waals surface area contributed by atoms with Crippen LogP contribution in [0.2, 0.25) is 0 Å². The average molecular weight is 391 g/mol. The van der Waals surface area contributed by atoms with Crippen molar-refractivity contribution < 1.29 is 18.8 Å². The van der Waals surface area contributed by atoms with Crippen molar-refractivity contribution in [1.29, 1.82) is 0 Å². The first-order chi connectivity index (χ1) is 14.2. The van der Waals surface area contributed by atoms with Crippen LogP contribution in [0.1, 0.15) is 40.6 Å². The molecule has 0 atom stereocenters. The van der Waals surface area contributed by atoms with Gasteiger partial charge in [0.1, 0.15) is 0 Å². The van der Waals surface area contributed by atoms with Crippen molar-refractivity contribution in [2.24, 2.45) is 0 Å². The van der Waals surface area contributed by atoms with Gasteiger partial charge in [0, 0.05) is 30.1 Å². The van der Waals surface area contributed by atoms with Crippen molar-refractivity contribution in [3.05, 3.63) is 59.5 Å². The second-order valence-corrected chi connectivity index (χ2v) is 7.46. The van der Waals surface area contributed by atoms with Gasteiger partial charge in [0.25, 0.3) is 5.91 Å². The number of fused-ring (bicyclic) bond motifs is 1. The van der Waals surface area contributed by atoms with Gasteiger partial charge in [-0.25, -0.2) is 0 Å². The molecule has 0 radical (unpaired) electrons. The van der Waals surface area contributed by atoms with Crippen molar-refractivity contribution in [2.75, 3.05) is 19.9 Å². The minimum atomic E-state index is 0.00716. The summed E-state index contributed by atoms with van der Waals surface area (Å²) in [6.07, 6.45) is 1.59. The fourth-order valence-electron chi connectivity index (χ4n) is 3.84. The normalized spacial score (nSPS) is 16.2. The number of ether oxygens (including phenoxy) is 2.